The van der Waals surface area contributed by atoms with Gasteiger partial charge in [0.25, 0.3) is 0 Å². The van der Waals surface area contributed by atoms with Gasteiger partial charge >= 0.3 is 12.1 Å². The summed E-state index contributed by atoms with van der Waals surface area (Å²) in [5.41, 5.74) is 4.60. The molecule has 3 N–H and O–H groups in total. The highest BCUT2D eigenvalue weighted by Crippen LogP contribution is 2.44. The summed E-state index contributed by atoms with van der Waals surface area (Å²) in [5, 5.41) is 14.9. The number of aliphatic carboxylic acids is 1. The molecule has 3 rings (SSSR count). The van der Waals surface area contributed by atoms with Gasteiger partial charge in [0.15, 0.2) is 0 Å². The van der Waals surface area contributed by atoms with Crippen LogP contribution in [0, 0.1) is 17.8 Å². The van der Waals surface area contributed by atoms with Crippen LogP contribution in [0.2, 0.25) is 0 Å². The largest absolute Gasteiger partial charge is 0.481 e. The van der Waals surface area contributed by atoms with Crippen molar-refractivity contribution >= 4 is 18.0 Å². The van der Waals surface area contributed by atoms with Crippen LogP contribution in [0.3, 0.4) is 0 Å². The molecule has 0 saturated heterocycles. The standard InChI is InChI=1S/C28H36N2O5/c1-4-9-19(26(31)29-16-20(27(32)33)14-18(2)3)15-30-28(34)35-17-25-23-12-7-5-10-21(23)22-11-6-8-13-24(22)25/h5-8,10-13,18-20,25H,4,9,14-17H2,1-3H3,(H,29,31)(H,30,34)(H,32,33). The molecule has 2 aromatic carbocycles. The van der Waals surface area contributed by atoms with Crippen molar-refractivity contribution in [3.05, 3.63) is 59.7 Å². The number of benzene rings is 2. The second-order valence-electron chi connectivity index (χ2n) is 9.60. The maximum Gasteiger partial charge on any atom is 0.407 e. The van der Waals surface area contributed by atoms with Crippen molar-refractivity contribution in [1.82, 2.24) is 10.6 Å². The van der Waals surface area contributed by atoms with Gasteiger partial charge in [-0.15, -0.1) is 0 Å². The molecule has 2 amide bonds. The summed E-state index contributed by atoms with van der Waals surface area (Å²) in [4.78, 5) is 36.7. The third-order valence-corrected chi connectivity index (χ3v) is 6.47. The Hall–Kier alpha value is -3.35. The first-order valence-electron chi connectivity index (χ1n) is 12.4. The summed E-state index contributed by atoms with van der Waals surface area (Å²) in [6.07, 6.45) is 1.27. The number of carbonyl (C=O) groups is 3. The van der Waals surface area contributed by atoms with E-state index >= 15 is 0 Å². The van der Waals surface area contributed by atoms with Gasteiger partial charge in [-0.25, -0.2) is 4.79 Å². The molecule has 0 aliphatic heterocycles. The molecular weight excluding hydrogens is 444 g/mol. The molecule has 2 unspecified atom stereocenters. The van der Waals surface area contributed by atoms with Crippen LogP contribution in [0.5, 0.6) is 0 Å². The van der Waals surface area contributed by atoms with Crippen molar-refractivity contribution in [2.45, 2.75) is 46.0 Å². The SMILES string of the molecule is CCCC(CNC(=O)OCC1c2ccccc2-c2ccccc21)C(=O)NCC(CC(C)C)C(=O)O. The van der Waals surface area contributed by atoms with Gasteiger partial charge in [-0.05, 0) is 41.0 Å². The third kappa shape index (κ3) is 6.84. The van der Waals surface area contributed by atoms with Crippen molar-refractivity contribution in [1.29, 1.82) is 0 Å². The molecule has 0 bridgehead atoms. The van der Waals surface area contributed by atoms with E-state index < -0.39 is 23.9 Å². The van der Waals surface area contributed by atoms with Crippen LogP contribution in [0.15, 0.2) is 48.5 Å². The lowest BCUT2D eigenvalue weighted by molar-refractivity contribution is -0.142. The molecule has 188 valence electrons. The van der Waals surface area contributed by atoms with E-state index in [-0.39, 0.29) is 37.4 Å². The maximum absolute atomic E-state index is 12.7. The topological polar surface area (TPSA) is 105 Å². The first-order valence-corrected chi connectivity index (χ1v) is 12.4. The fourth-order valence-electron chi connectivity index (χ4n) is 4.74. The maximum atomic E-state index is 12.7. The summed E-state index contributed by atoms with van der Waals surface area (Å²) >= 11 is 0. The van der Waals surface area contributed by atoms with Crippen LogP contribution < -0.4 is 10.6 Å². The van der Waals surface area contributed by atoms with Crippen LogP contribution in [0.25, 0.3) is 11.1 Å². The predicted octanol–water partition coefficient (Wildman–Crippen LogP) is 4.80. The zero-order chi connectivity index (χ0) is 25.4. The number of nitrogens with one attached hydrogen (secondary N) is 2. The van der Waals surface area contributed by atoms with Crippen molar-refractivity contribution in [3.63, 3.8) is 0 Å². The van der Waals surface area contributed by atoms with Gasteiger partial charge < -0.3 is 20.5 Å². The normalized spacial score (nSPS) is 14.1. The smallest absolute Gasteiger partial charge is 0.407 e. The fourth-order valence-corrected chi connectivity index (χ4v) is 4.74. The molecule has 0 heterocycles. The Balaban J connectivity index is 1.53. The Morgan fingerprint density at radius 3 is 2.03 bits per heavy atom. The van der Waals surface area contributed by atoms with Gasteiger partial charge in [-0.2, -0.15) is 0 Å². The monoisotopic (exact) mass is 480 g/mol. The van der Waals surface area contributed by atoms with E-state index in [2.05, 4.69) is 34.9 Å². The first kappa shape index (κ1) is 26.3. The molecule has 0 spiro atoms. The quantitative estimate of drug-likeness (QED) is 0.405. The van der Waals surface area contributed by atoms with Gasteiger partial charge in [0.1, 0.15) is 6.61 Å². The number of hydrogen-bond donors (Lipinski definition) is 3. The molecule has 7 heteroatoms. The van der Waals surface area contributed by atoms with Gasteiger partial charge in [0, 0.05) is 19.0 Å². The Kier molecular flexibility index (Phi) is 9.29. The van der Waals surface area contributed by atoms with E-state index in [1.807, 2.05) is 45.0 Å². The van der Waals surface area contributed by atoms with E-state index in [1.54, 1.807) is 0 Å². The van der Waals surface area contributed by atoms with E-state index in [1.165, 1.54) is 0 Å². The fraction of sp³-hybridized carbons (Fsp3) is 0.464. The minimum absolute atomic E-state index is 0.0307. The van der Waals surface area contributed by atoms with Crippen molar-refractivity contribution in [3.8, 4) is 11.1 Å². The highest BCUT2D eigenvalue weighted by atomic mass is 16.5. The van der Waals surface area contributed by atoms with Gasteiger partial charge in [-0.1, -0.05) is 75.7 Å². The second kappa shape index (κ2) is 12.4. The van der Waals surface area contributed by atoms with Gasteiger partial charge in [0.2, 0.25) is 5.91 Å². The third-order valence-electron chi connectivity index (χ3n) is 6.47. The molecule has 35 heavy (non-hydrogen) atoms. The lowest BCUT2D eigenvalue weighted by Crippen LogP contribution is -2.42. The molecule has 0 aromatic heterocycles. The summed E-state index contributed by atoms with van der Waals surface area (Å²) in [6.45, 7) is 6.30. The molecule has 0 radical (unpaired) electrons. The van der Waals surface area contributed by atoms with Gasteiger partial charge in [0.05, 0.1) is 11.8 Å². The highest BCUT2D eigenvalue weighted by molar-refractivity contribution is 5.81. The van der Waals surface area contributed by atoms with Crippen LogP contribution in [-0.4, -0.2) is 42.8 Å². The van der Waals surface area contributed by atoms with Crippen molar-refractivity contribution in [2.75, 3.05) is 19.7 Å². The number of carboxylic acid groups (broad SMARTS) is 1. The molecule has 7 nitrogen and oxygen atoms in total. The van der Waals surface area contributed by atoms with Crippen molar-refractivity contribution < 1.29 is 24.2 Å². The molecular formula is C28H36N2O5. The highest BCUT2D eigenvalue weighted by Gasteiger charge is 2.29. The van der Waals surface area contributed by atoms with Crippen LogP contribution in [-0.2, 0) is 14.3 Å². The molecule has 2 aromatic rings. The van der Waals surface area contributed by atoms with E-state index in [0.717, 1.165) is 28.7 Å². The first-order chi connectivity index (χ1) is 16.8. The number of hydrogen-bond acceptors (Lipinski definition) is 4. The molecule has 1 aliphatic rings. The lowest BCUT2D eigenvalue weighted by atomic mass is 9.96. The number of fused-ring (bicyclic) bond motifs is 3. The summed E-state index contributed by atoms with van der Waals surface area (Å²) in [5.74, 6) is -2.06. The Labute approximate surface area is 207 Å². The van der Waals surface area contributed by atoms with E-state index in [9.17, 15) is 19.5 Å². The Bertz CT molecular complexity index is 990. The van der Waals surface area contributed by atoms with Crippen LogP contribution in [0.4, 0.5) is 4.79 Å². The average Bonchev–Trinajstić information content (AvgIpc) is 3.16. The Morgan fingerprint density at radius 2 is 1.49 bits per heavy atom. The Morgan fingerprint density at radius 1 is 0.914 bits per heavy atom. The zero-order valence-electron chi connectivity index (χ0n) is 20.8. The number of rotatable bonds is 12. The number of carbonyl (C=O) groups excluding carboxylic acids is 2. The van der Waals surface area contributed by atoms with E-state index in [0.29, 0.717) is 12.8 Å². The average molecular weight is 481 g/mol. The minimum Gasteiger partial charge on any atom is -0.481 e. The number of carboxylic acids is 1. The predicted molar refractivity (Wildman–Crippen MR) is 135 cm³/mol. The number of ether oxygens (including phenoxy) is 1. The van der Waals surface area contributed by atoms with Crippen LogP contribution in [0.1, 0.15) is 57.1 Å². The van der Waals surface area contributed by atoms with E-state index in [4.69, 9.17) is 4.74 Å². The molecule has 2 atom stereocenters. The molecule has 0 saturated carbocycles. The summed E-state index contributed by atoms with van der Waals surface area (Å²) in [6, 6.07) is 16.3. The zero-order valence-corrected chi connectivity index (χ0v) is 20.8. The number of alkyl carbamates (subject to hydrolysis) is 1. The van der Waals surface area contributed by atoms with Gasteiger partial charge in [-0.3, -0.25) is 9.59 Å². The second-order valence-corrected chi connectivity index (χ2v) is 9.60. The number of amides is 2. The molecule has 1 aliphatic carbocycles. The lowest BCUT2D eigenvalue weighted by Gasteiger charge is -2.20. The molecule has 0 fully saturated rings. The van der Waals surface area contributed by atoms with Crippen LogP contribution >= 0.6 is 0 Å². The van der Waals surface area contributed by atoms with Crippen molar-refractivity contribution in [2.24, 2.45) is 17.8 Å². The summed E-state index contributed by atoms with van der Waals surface area (Å²) in [7, 11) is 0. The minimum atomic E-state index is -0.914. The summed E-state index contributed by atoms with van der Waals surface area (Å²) < 4.78 is 5.56.